The van der Waals surface area contributed by atoms with Crippen molar-refractivity contribution in [3.05, 3.63) is 105 Å². The van der Waals surface area contributed by atoms with Gasteiger partial charge in [-0.2, -0.15) is 0 Å². The number of rotatable bonds is 10. The quantitative estimate of drug-likeness (QED) is 0.0905. The smallest absolute Gasteiger partial charge is 0.350 e. The molecule has 2 N–H and O–H groups in total. The number of aromatic hydroxyl groups is 1. The van der Waals surface area contributed by atoms with Gasteiger partial charge in [-0.25, -0.2) is 9.78 Å². The molecule has 0 saturated carbocycles. The lowest BCUT2D eigenvalue weighted by molar-refractivity contribution is -0.132. The maximum atomic E-state index is 13.6. The van der Waals surface area contributed by atoms with Crippen LogP contribution in [0.3, 0.4) is 0 Å². The van der Waals surface area contributed by atoms with Crippen LogP contribution < -0.4 is 14.4 Å². The Kier molecular flexibility index (Phi) is 9.19. The van der Waals surface area contributed by atoms with Gasteiger partial charge in [0.2, 0.25) is 0 Å². The third-order valence-corrected chi connectivity index (χ3v) is 8.25. The van der Waals surface area contributed by atoms with E-state index in [4.69, 9.17) is 14.2 Å². The van der Waals surface area contributed by atoms with Crippen LogP contribution in [0.1, 0.15) is 57.5 Å². The first kappa shape index (κ1) is 31.3. The average Bonchev–Trinajstić information content (AvgIpc) is 3.53. The van der Waals surface area contributed by atoms with Gasteiger partial charge in [0, 0.05) is 5.56 Å². The number of anilines is 1. The summed E-state index contributed by atoms with van der Waals surface area (Å²) in [5.41, 5.74) is 2.93. The van der Waals surface area contributed by atoms with Gasteiger partial charge in [0.05, 0.1) is 30.5 Å². The number of Topliss-reactive ketones (excluding diaryl/α,β-unsaturated/α-hetero) is 1. The van der Waals surface area contributed by atoms with Crippen molar-refractivity contribution in [3.8, 4) is 17.2 Å². The molecule has 5 rings (SSSR count). The van der Waals surface area contributed by atoms with Crippen LogP contribution in [0, 0.1) is 13.8 Å². The summed E-state index contributed by atoms with van der Waals surface area (Å²) in [5, 5.41) is 22.0. The lowest BCUT2D eigenvalue weighted by atomic mass is 9.95. The molecule has 1 fully saturated rings. The Bertz CT molecular complexity index is 1790. The number of thiazole rings is 1. The summed E-state index contributed by atoms with van der Waals surface area (Å²) in [6.45, 7) is 7.79. The van der Waals surface area contributed by atoms with Gasteiger partial charge in [-0.05, 0) is 75.2 Å². The van der Waals surface area contributed by atoms with Gasteiger partial charge in [-0.1, -0.05) is 47.2 Å². The average molecular weight is 629 g/mol. The van der Waals surface area contributed by atoms with Crippen LogP contribution >= 0.6 is 11.3 Å². The van der Waals surface area contributed by atoms with Gasteiger partial charge in [0.15, 0.2) is 16.6 Å². The minimum Gasteiger partial charge on any atom is -0.507 e. The SMILES string of the molecule is CCOC(=O)c1sc(N2C(=O)C(=O)/C(=C(/O)c3ccc(OCc4cccc(C)c4)cc3)C2c2ccc(O)c(OCC)c2)nc1C. The molecule has 11 heteroatoms. The molecule has 45 heavy (non-hydrogen) atoms. The largest absolute Gasteiger partial charge is 0.507 e. The van der Waals surface area contributed by atoms with E-state index in [1.165, 1.54) is 18.2 Å². The Labute approximate surface area is 264 Å². The minimum absolute atomic E-state index is 0.0765. The molecule has 1 unspecified atom stereocenters. The summed E-state index contributed by atoms with van der Waals surface area (Å²) in [5.74, 6) is -2.32. The van der Waals surface area contributed by atoms with Crippen LogP contribution in [0.25, 0.3) is 5.76 Å². The predicted molar refractivity (Wildman–Crippen MR) is 169 cm³/mol. The first-order valence-corrected chi connectivity index (χ1v) is 15.1. The molecular weight excluding hydrogens is 596 g/mol. The normalized spacial score (nSPS) is 15.7. The van der Waals surface area contributed by atoms with Gasteiger partial charge in [0.1, 0.15) is 23.0 Å². The number of carbonyl (C=O) groups excluding carboxylic acids is 3. The molecule has 4 aromatic rings. The second kappa shape index (κ2) is 13.2. The number of phenolic OH excluding ortho intramolecular Hbond substituents is 1. The van der Waals surface area contributed by atoms with Crippen LogP contribution in [0.5, 0.6) is 17.2 Å². The highest BCUT2D eigenvalue weighted by Gasteiger charge is 2.48. The Morgan fingerprint density at radius 1 is 0.978 bits per heavy atom. The molecule has 2 heterocycles. The number of aromatic nitrogens is 1. The Balaban J connectivity index is 1.56. The zero-order chi connectivity index (χ0) is 32.2. The summed E-state index contributed by atoms with van der Waals surface area (Å²) in [6, 6.07) is 17.7. The Hall–Kier alpha value is -5.16. The number of ether oxygens (including phenoxy) is 3. The van der Waals surface area contributed by atoms with Crippen LogP contribution in [-0.2, 0) is 20.9 Å². The second-order valence-corrected chi connectivity index (χ2v) is 11.2. The molecule has 0 aliphatic carbocycles. The molecule has 1 aliphatic rings. The van der Waals surface area contributed by atoms with Crippen LogP contribution in [0.15, 0.2) is 72.3 Å². The number of aryl methyl sites for hydroxylation is 2. The van der Waals surface area contributed by atoms with E-state index in [1.807, 2.05) is 31.2 Å². The van der Waals surface area contributed by atoms with Crippen molar-refractivity contribution in [1.82, 2.24) is 4.98 Å². The zero-order valence-electron chi connectivity index (χ0n) is 25.2. The number of hydrogen-bond donors (Lipinski definition) is 2. The molecule has 232 valence electrons. The van der Waals surface area contributed by atoms with Crippen LogP contribution in [0.2, 0.25) is 0 Å². The fourth-order valence-electron chi connectivity index (χ4n) is 5.02. The summed E-state index contributed by atoms with van der Waals surface area (Å²) in [7, 11) is 0. The van der Waals surface area contributed by atoms with Gasteiger partial charge >= 0.3 is 11.9 Å². The van der Waals surface area contributed by atoms with Crippen molar-refractivity contribution in [1.29, 1.82) is 0 Å². The molecule has 1 amide bonds. The summed E-state index contributed by atoms with van der Waals surface area (Å²) in [4.78, 5) is 45.5. The van der Waals surface area contributed by atoms with Crippen molar-refractivity contribution in [3.63, 3.8) is 0 Å². The first-order valence-electron chi connectivity index (χ1n) is 14.3. The highest BCUT2D eigenvalue weighted by atomic mass is 32.1. The van der Waals surface area contributed by atoms with Crippen LogP contribution in [-0.4, -0.2) is 46.1 Å². The molecule has 1 aliphatic heterocycles. The molecule has 1 aromatic heterocycles. The number of nitrogens with zero attached hydrogens (tertiary/aromatic N) is 2. The fourth-order valence-corrected chi connectivity index (χ4v) is 6.01. The maximum Gasteiger partial charge on any atom is 0.350 e. The minimum atomic E-state index is -1.15. The highest BCUT2D eigenvalue weighted by Crippen LogP contribution is 2.45. The van der Waals surface area contributed by atoms with Crippen molar-refractivity contribution in [2.75, 3.05) is 18.1 Å². The van der Waals surface area contributed by atoms with Crippen molar-refractivity contribution in [2.45, 2.75) is 40.3 Å². The Morgan fingerprint density at radius 3 is 2.42 bits per heavy atom. The molecule has 3 aromatic carbocycles. The van der Waals surface area contributed by atoms with E-state index in [1.54, 1.807) is 45.0 Å². The summed E-state index contributed by atoms with van der Waals surface area (Å²) < 4.78 is 16.6. The third-order valence-electron chi connectivity index (χ3n) is 7.11. The number of amides is 1. The number of esters is 1. The number of hydrogen-bond acceptors (Lipinski definition) is 10. The monoisotopic (exact) mass is 628 g/mol. The predicted octanol–water partition coefficient (Wildman–Crippen LogP) is 6.25. The van der Waals surface area contributed by atoms with Gasteiger partial charge in [0.25, 0.3) is 5.78 Å². The van der Waals surface area contributed by atoms with Crippen molar-refractivity contribution in [2.24, 2.45) is 0 Å². The Morgan fingerprint density at radius 2 is 1.73 bits per heavy atom. The lowest BCUT2D eigenvalue weighted by Crippen LogP contribution is -2.29. The van der Waals surface area contributed by atoms with Crippen molar-refractivity contribution < 1.29 is 38.8 Å². The van der Waals surface area contributed by atoms with E-state index < -0.39 is 29.5 Å². The number of carbonyl (C=O) groups is 3. The number of phenols is 1. The first-order chi connectivity index (χ1) is 21.6. The topological polar surface area (TPSA) is 135 Å². The van der Waals surface area contributed by atoms with E-state index >= 15 is 0 Å². The van der Waals surface area contributed by atoms with E-state index in [-0.39, 0.29) is 45.9 Å². The van der Waals surface area contributed by atoms with Crippen molar-refractivity contribution >= 4 is 39.9 Å². The number of aliphatic hydroxyl groups excluding tert-OH is 1. The van der Waals surface area contributed by atoms with E-state index in [0.29, 0.717) is 23.6 Å². The van der Waals surface area contributed by atoms with E-state index in [0.717, 1.165) is 27.4 Å². The van der Waals surface area contributed by atoms with E-state index in [2.05, 4.69) is 4.98 Å². The highest BCUT2D eigenvalue weighted by molar-refractivity contribution is 7.17. The zero-order valence-corrected chi connectivity index (χ0v) is 26.0. The number of ketones is 1. The summed E-state index contributed by atoms with van der Waals surface area (Å²) >= 11 is 0.908. The van der Waals surface area contributed by atoms with Gasteiger partial charge < -0.3 is 24.4 Å². The van der Waals surface area contributed by atoms with E-state index in [9.17, 15) is 24.6 Å². The fraction of sp³-hybridized carbons (Fsp3) is 0.235. The molecule has 0 bridgehead atoms. The molecule has 0 radical (unpaired) electrons. The summed E-state index contributed by atoms with van der Waals surface area (Å²) in [6.07, 6.45) is 0. The van der Waals surface area contributed by atoms with Crippen LogP contribution in [0.4, 0.5) is 5.13 Å². The lowest BCUT2D eigenvalue weighted by Gasteiger charge is -2.23. The third kappa shape index (κ3) is 6.39. The molecular formula is C34H32N2O8S. The van der Waals surface area contributed by atoms with Gasteiger partial charge in [-0.3, -0.25) is 14.5 Å². The molecule has 0 spiro atoms. The van der Waals surface area contributed by atoms with Gasteiger partial charge in [-0.15, -0.1) is 0 Å². The standard InChI is InChI=1S/C34H32N2O8S/c1-5-42-26-17-23(12-15-25(26)37)28-27(30(39)32(40)36(28)34-35-20(4)31(45-34)33(41)43-6-2)29(38)22-10-13-24(14-11-22)44-18-21-9-7-8-19(3)16-21/h7-17,28,37-38H,5-6,18H2,1-4H3/b29-27+. The second-order valence-electron chi connectivity index (χ2n) is 10.3. The maximum absolute atomic E-state index is 13.6. The number of benzene rings is 3. The number of aliphatic hydroxyl groups is 1. The molecule has 1 atom stereocenters. The molecule has 10 nitrogen and oxygen atoms in total. The molecule has 1 saturated heterocycles.